The van der Waals surface area contributed by atoms with E-state index in [4.69, 9.17) is 37.1 Å². The van der Waals surface area contributed by atoms with Crippen molar-refractivity contribution in [3.63, 3.8) is 0 Å². The van der Waals surface area contributed by atoms with Crippen LogP contribution in [0.5, 0.6) is 17.2 Å². The zero-order valence-corrected chi connectivity index (χ0v) is 18.4. The summed E-state index contributed by atoms with van der Waals surface area (Å²) in [5.74, 6) is 0.554. The van der Waals surface area contributed by atoms with E-state index in [2.05, 4.69) is 5.32 Å². The van der Waals surface area contributed by atoms with E-state index in [0.29, 0.717) is 38.2 Å². The number of rotatable bonds is 6. The standard InChI is InChI=1S/C24H17Cl2NO5/c1-14-2-5-16(6-3-14)32-22-12-31-21-11-17(7-8-18(21)24(22)29)30-13-23(28)27-20-10-15(25)4-9-19(20)26/h2-12H,13H2,1H3,(H,27,28). The van der Waals surface area contributed by atoms with Crippen LogP contribution in [0.15, 0.2) is 76.1 Å². The first-order chi connectivity index (χ1) is 15.4. The molecule has 6 nitrogen and oxygen atoms in total. The first kappa shape index (κ1) is 21.7. The Balaban J connectivity index is 1.45. The third-order valence-electron chi connectivity index (χ3n) is 4.54. The van der Waals surface area contributed by atoms with Crippen molar-refractivity contribution in [1.29, 1.82) is 0 Å². The second-order valence-electron chi connectivity index (χ2n) is 6.96. The third-order valence-corrected chi connectivity index (χ3v) is 5.10. The number of carbonyl (C=O) groups is 1. The average Bonchev–Trinajstić information content (AvgIpc) is 2.78. The molecule has 3 aromatic carbocycles. The molecule has 0 radical (unpaired) electrons. The highest BCUT2D eigenvalue weighted by atomic mass is 35.5. The van der Waals surface area contributed by atoms with Crippen LogP contribution in [0.4, 0.5) is 5.69 Å². The molecule has 0 atom stereocenters. The van der Waals surface area contributed by atoms with Crippen LogP contribution in [-0.4, -0.2) is 12.5 Å². The van der Waals surface area contributed by atoms with E-state index in [9.17, 15) is 9.59 Å². The summed E-state index contributed by atoms with van der Waals surface area (Å²) in [6, 6.07) is 16.7. The average molecular weight is 470 g/mol. The lowest BCUT2D eigenvalue weighted by molar-refractivity contribution is -0.118. The van der Waals surface area contributed by atoms with E-state index in [1.54, 1.807) is 42.5 Å². The Morgan fingerprint density at radius 1 is 1.00 bits per heavy atom. The van der Waals surface area contributed by atoms with Gasteiger partial charge in [0, 0.05) is 11.1 Å². The molecule has 1 amide bonds. The van der Waals surface area contributed by atoms with Gasteiger partial charge >= 0.3 is 0 Å². The molecule has 0 fully saturated rings. The normalized spacial score (nSPS) is 10.7. The monoisotopic (exact) mass is 469 g/mol. The number of anilines is 1. The SMILES string of the molecule is Cc1ccc(Oc2coc3cc(OCC(=O)Nc4cc(Cl)ccc4Cl)ccc3c2=O)cc1. The quantitative estimate of drug-likeness (QED) is 0.362. The Bertz CT molecular complexity index is 1350. The predicted molar refractivity (Wildman–Crippen MR) is 124 cm³/mol. The fourth-order valence-corrected chi connectivity index (χ4v) is 3.25. The number of amides is 1. The molecule has 8 heteroatoms. The number of hydrogen-bond acceptors (Lipinski definition) is 5. The second-order valence-corrected chi connectivity index (χ2v) is 7.81. The van der Waals surface area contributed by atoms with Crippen LogP contribution in [-0.2, 0) is 4.79 Å². The fourth-order valence-electron chi connectivity index (χ4n) is 2.91. The molecule has 4 rings (SSSR count). The molecule has 0 saturated heterocycles. The molecular formula is C24H17Cl2NO5. The van der Waals surface area contributed by atoms with Gasteiger partial charge in [0.05, 0.1) is 16.1 Å². The molecule has 0 saturated carbocycles. The Kier molecular flexibility index (Phi) is 6.35. The molecule has 162 valence electrons. The zero-order chi connectivity index (χ0) is 22.7. The summed E-state index contributed by atoms with van der Waals surface area (Å²) >= 11 is 12.0. The molecular weight excluding hydrogens is 453 g/mol. The lowest BCUT2D eigenvalue weighted by atomic mass is 10.2. The largest absolute Gasteiger partial charge is 0.484 e. The van der Waals surface area contributed by atoms with Crippen molar-refractivity contribution in [2.75, 3.05) is 11.9 Å². The molecule has 1 aromatic heterocycles. The van der Waals surface area contributed by atoms with E-state index in [1.165, 1.54) is 12.3 Å². The van der Waals surface area contributed by atoms with E-state index >= 15 is 0 Å². The summed E-state index contributed by atoms with van der Waals surface area (Å²) in [5, 5.41) is 3.77. The van der Waals surface area contributed by atoms with Gasteiger partial charge in [-0.1, -0.05) is 40.9 Å². The van der Waals surface area contributed by atoms with Crippen LogP contribution < -0.4 is 20.2 Å². The van der Waals surface area contributed by atoms with Crippen molar-refractivity contribution in [3.8, 4) is 17.2 Å². The Morgan fingerprint density at radius 3 is 2.53 bits per heavy atom. The molecule has 0 aliphatic carbocycles. The van der Waals surface area contributed by atoms with Crippen molar-refractivity contribution in [2.45, 2.75) is 6.92 Å². The highest BCUT2D eigenvalue weighted by Crippen LogP contribution is 2.26. The van der Waals surface area contributed by atoms with Gasteiger partial charge in [-0.3, -0.25) is 9.59 Å². The van der Waals surface area contributed by atoms with Crippen LogP contribution >= 0.6 is 23.2 Å². The Morgan fingerprint density at radius 2 is 1.75 bits per heavy atom. The molecule has 0 bridgehead atoms. The minimum Gasteiger partial charge on any atom is -0.484 e. The van der Waals surface area contributed by atoms with Crippen molar-refractivity contribution in [1.82, 2.24) is 0 Å². The van der Waals surface area contributed by atoms with E-state index in [1.807, 2.05) is 19.1 Å². The summed E-state index contributed by atoms with van der Waals surface area (Å²) in [6.07, 6.45) is 1.25. The second kappa shape index (κ2) is 9.34. The summed E-state index contributed by atoms with van der Waals surface area (Å²) in [6.45, 7) is 1.69. The molecule has 4 aromatic rings. The smallest absolute Gasteiger partial charge is 0.262 e. The molecule has 0 unspecified atom stereocenters. The van der Waals surface area contributed by atoms with Gasteiger partial charge in [0.2, 0.25) is 11.2 Å². The fraction of sp³-hybridized carbons (Fsp3) is 0.0833. The maximum Gasteiger partial charge on any atom is 0.262 e. The minimum atomic E-state index is -0.419. The number of fused-ring (bicyclic) bond motifs is 1. The van der Waals surface area contributed by atoms with Crippen LogP contribution in [0.2, 0.25) is 10.0 Å². The highest BCUT2D eigenvalue weighted by Gasteiger charge is 2.12. The topological polar surface area (TPSA) is 77.8 Å². The van der Waals surface area contributed by atoms with Gasteiger partial charge in [-0.2, -0.15) is 0 Å². The molecule has 0 aliphatic rings. The van der Waals surface area contributed by atoms with Crippen LogP contribution in [0.1, 0.15) is 5.56 Å². The number of halogens is 2. The van der Waals surface area contributed by atoms with Crippen molar-refractivity contribution < 1.29 is 18.7 Å². The van der Waals surface area contributed by atoms with E-state index < -0.39 is 5.91 Å². The number of benzene rings is 3. The highest BCUT2D eigenvalue weighted by molar-refractivity contribution is 6.35. The Labute approximate surface area is 193 Å². The summed E-state index contributed by atoms with van der Waals surface area (Å²) in [7, 11) is 0. The maximum atomic E-state index is 12.7. The van der Waals surface area contributed by atoms with Crippen LogP contribution in [0.25, 0.3) is 11.0 Å². The first-order valence-electron chi connectivity index (χ1n) is 9.57. The van der Waals surface area contributed by atoms with Gasteiger partial charge in [0.25, 0.3) is 5.91 Å². The van der Waals surface area contributed by atoms with E-state index in [-0.39, 0.29) is 17.8 Å². The molecule has 1 N–H and O–H groups in total. The number of hydrogen-bond donors (Lipinski definition) is 1. The number of ether oxygens (including phenoxy) is 2. The van der Waals surface area contributed by atoms with Crippen molar-refractivity contribution in [3.05, 3.63) is 92.8 Å². The van der Waals surface area contributed by atoms with Crippen LogP contribution in [0, 0.1) is 6.92 Å². The van der Waals surface area contributed by atoms with Crippen molar-refractivity contribution in [2.24, 2.45) is 0 Å². The van der Waals surface area contributed by atoms with Gasteiger partial charge in [-0.05, 0) is 49.4 Å². The number of nitrogens with one attached hydrogen (secondary N) is 1. The van der Waals surface area contributed by atoms with Gasteiger partial charge in [-0.25, -0.2) is 0 Å². The van der Waals surface area contributed by atoms with Gasteiger partial charge < -0.3 is 19.2 Å². The molecule has 0 spiro atoms. The minimum absolute atomic E-state index is 0.0767. The van der Waals surface area contributed by atoms with E-state index in [0.717, 1.165) is 5.56 Å². The maximum absolute atomic E-state index is 12.7. The molecule has 0 aliphatic heterocycles. The predicted octanol–water partition coefficient (Wildman–Crippen LogP) is 6.22. The first-order valence-corrected chi connectivity index (χ1v) is 10.3. The lowest BCUT2D eigenvalue weighted by Crippen LogP contribution is -2.20. The number of carbonyl (C=O) groups excluding carboxylic acids is 1. The summed E-state index contributed by atoms with van der Waals surface area (Å²) < 4.78 is 16.7. The number of aryl methyl sites for hydroxylation is 1. The van der Waals surface area contributed by atoms with Gasteiger partial charge in [0.15, 0.2) is 6.61 Å². The molecule has 32 heavy (non-hydrogen) atoms. The van der Waals surface area contributed by atoms with Gasteiger partial charge in [0.1, 0.15) is 23.3 Å². The van der Waals surface area contributed by atoms with Crippen LogP contribution in [0.3, 0.4) is 0 Å². The third kappa shape index (κ3) is 5.04. The summed E-state index contributed by atoms with van der Waals surface area (Å²) in [4.78, 5) is 24.9. The molecule has 1 heterocycles. The van der Waals surface area contributed by atoms with Gasteiger partial charge in [-0.15, -0.1) is 0 Å². The Hall–Kier alpha value is -3.48. The zero-order valence-electron chi connectivity index (χ0n) is 16.9. The van der Waals surface area contributed by atoms with Crippen molar-refractivity contribution >= 4 is 45.8 Å². The summed E-state index contributed by atoms with van der Waals surface area (Å²) in [5.41, 5.74) is 1.46. The lowest BCUT2D eigenvalue weighted by Gasteiger charge is -2.10.